The molecule has 0 bridgehead atoms. The van der Waals surface area contributed by atoms with E-state index in [9.17, 15) is 4.79 Å². The molecule has 1 amide bonds. The van der Waals surface area contributed by atoms with E-state index in [1.165, 1.54) is 0 Å². The van der Waals surface area contributed by atoms with Gasteiger partial charge in [0, 0.05) is 6.54 Å². The minimum atomic E-state index is -1.85. The Kier molecular flexibility index (Phi) is 6.69. The third-order valence-corrected chi connectivity index (χ3v) is 7.12. The van der Waals surface area contributed by atoms with Crippen molar-refractivity contribution in [1.82, 2.24) is 4.90 Å². The molecule has 5 heteroatoms. The van der Waals surface area contributed by atoms with Crippen molar-refractivity contribution in [3.8, 4) is 0 Å². The van der Waals surface area contributed by atoms with Crippen LogP contribution in [0.4, 0.5) is 4.79 Å². The zero-order valence-corrected chi connectivity index (χ0v) is 17.4. The number of carbonyl (C=O) groups is 1. The molecule has 1 aliphatic heterocycles. The van der Waals surface area contributed by atoms with E-state index in [-0.39, 0.29) is 17.7 Å². The second-order valence-corrected chi connectivity index (χ2v) is 12.9. The number of hydrogen-bond donors (Lipinski definition) is 0. The normalized spacial score (nSPS) is 18.9. The van der Waals surface area contributed by atoms with Crippen molar-refractivity contribution in [1.29, 1.82) is 0 Å². The highest BCUT2D eigenvalue weighted by atomic mass is 28.4. The van der Waals surface area contributed by atoms with Crippen molar-refractivity contribution in [2.45, 2.75) is 72.0 Å². The Morgan fingerprint density at radius 3 is 2.52 bits per heavy atom. The summed E-state index contributed by atoms with van der Waals surface area (Å²) in [6.45, 7) is 12.3. The Labute approximate surface area is 153 Å². The van der Waals surface area contributed by atoms with Gasteiger partial charge in [-0.2, -0.15) is 0 Å². The predicted octanol–water partition coefficient (Wildman–Crippen LogP) is 5.40. The molecule has 0 radical (unpaired) electrons. The number of hydrogen-bond acceptors (Lipinski definition) is 3. The highest BCUT2D eigenvalue weighted by Crippen LogP contribution is 2.31. The number of benzene rings is 1. The van der Waals surface area contributed by atoms with E-state index in [2.05, 4.69) is 33.9 Å². The van der Waals surface area contributed by atoms with Gasteiger partial charge >= 0.3 is 6.09 Å². The van der Waals surface area contributed by atoms with E-state index in [4.69, 9.17) is 9.16 Å². The summed E-state index contributed by atoms with van der Waals surface area (Å²) in [7, 11) is -1.85. The van der Waals surface area contributed by atoms with Gasteiger partial charge in [0.05, 0.1) is 0 Å². The molecular weight excluding hydrogens is 330 g/mol. The number of nitrogens with zero attached hydrogens (tertiary/aromatic N) is 1. The first kappa shape index (κ1) is 20.0. The first-order chi connectivity index (χ1) is 11.7. The van der Waals surface area contributed by atoms with Gasteiger partial charge in [0.25, 0.3) is 0 Å². The molecule has 0 N–H and O–H groups in total. The molecule has 0 saturated carbocycles. The van der Waals surface area contributed by atoms with Crippen LogP contribution < -0.4 is 0 Å². The van der Waals surface area contributed by atoms with Crippen molar-refractivity contribution < 1.29 is 14.0 Å². The summed E-state index contributed by atoms with van der Waals surface area (Å²) in [5.74, 6) is 0. The highest BCUT2D eigenvalue weighted by molar-refractivity contribution is 6.71. The Morgan fingerprint density at radius 1 is 1.20 bits per heavy atom. The van der Waals surface area contributed by atoms with Crippen molar-refractivity contribution in [3.05, 3.63) is 35.9 Å². The van der Waals surface area contributed by atoms with Gasteiger partial charge in [-0.05, 0) is 49.4 Å². The molecule has 1 fully saturated rings. The summed E-state index contributed by atoms with van der Waals surface area (Å²) in [5, 5.41) is 0. The van der Waals surface area contributed by atoms with Crippen LogP contribution in [-0.4, -0.2) is 32.1 Å². The van der Waals surface area contributed by atoms with Gasteiger partial charge in [0.15, 0.2) is 8.32 Å². The van der Waals surface area contributed by atoms with Crippen LogP contribution in [0.3, 0.4) is 0 Å². The van der Waals surface area contributed by atoms with Crippen molar-refractivity contribution in [2.24, 2.45) is 5.41 Å². The average molecular weight is 364 g/mol. The molecule has 0 spiro atoms. The van der Waals surface area contributed by atoms with Gasteiger partial charge in [-0.1, -0.05) is 51.1 Å². The van der Waals surface area contributed by atoms with Crippen molar-refractivity contribution in [3.63, 3.8) is 0 Å². The maximum absolute atomic E-state index is 12.6. The summed E-state index contributed by atoms with van der Waals surface area (Å²) >= 11 is 0. The second-order valence-electron chi connectivity index (χ2n) is 8.80. The van der Waals surface area contributed by atoms with Crippen molar-refractivity contribution >= 4 is 14.4 Å². The molecule has 1 aliphatic rings. The van der Waals surface area contributed by atoms with Crippen LogP contribution in [0.2, 0.25) is 19.1 Å². The molecule has 1 saturated heterocycles. The molecule has 0 aliphatic carbocycles. The first-order valence-corrected chi connectivity index (χ1v) is 12.4. The molecule has 1 atom stereocenters. The molecule has 1 aromatic rings. The summed E-state index contributed by atoms with van der Waals surface area (Å²) in [6, 6.07) is 10.9. The molecule has 1 aromatic carbocycles. The Morgan fingerprint density at radius 2 is 1.88 bits per heavy atom. The zero-order chi connectivity index (χ0) is 18.5. The van der Waals surface area contributed by atoms with Gasteiger partial charge in [0.1, 0.15) is 12.8 Å². The van der Waals surface area contributed by atoms with Gasteiger partial charge in [-0.3, -0.25) is 4.90 Å². The van der Waals surface area contributed by atoms with Crippen LogP contribution in [0.25, 0.3) is 0 Å². The van der Waals surface area contributed by atoms with Crippen LogP contribution >= 0.6 is 0 Å². The Hall–Kier alpha value is -1.33. The SMILES string of the molecule is CC(C)(C)C[Si](C)(C)OC1CCCCN1C(=O)OCc1ccccc1. The monoisotopic (exact) mass is 363 g/mol. The summed E-state index contributed by atoms with van der Waals surface area (Å²) in [5.41, 5.74) is 1.25. The van der Waals surface area contributed by atoms with E-state index in [1.54, 1.807) is 4.90 Å². The van der Waals surface area contributed by atoms with Crippen LogP contribution in [0.15, 0.2) is 30.3 Å². The van der Waals surface area contributed by atoms with Gasteiger partial charge in [-0.15, -0.1) is 0 Å². The van der Waals surface area contributed by atoms with Gasteiger partial charge in [-0.25, -0.2) is 4.79 Å². The molecule has 1 heterocycles. The van der Waals surface area contributed by atoms with Gasteiger partial charge in [0.2, 0.25) is 0 Å². The molecule has 25 heavy (non-hydrogen) atoms. The third-order valence-electron chi connectivity index (χ3n) is 4.30. The highest BCUT2D eigenvalue weighted by Gasteiger charge is 2.36. The predicted molar refractivity (Wildman–Crippen MR) is 104 cm³/mol. The van der Waals surface area contributed by atoms with Crippen molar-refractivity contribution in [2.75, 3.05) is 6.54 Å². The van der Waals surface area contributed by atoms with Gasteiger partial charge < -0.3 is 9.16 Å². The second kappa shape index (κ2) is 8.36. The fraction of sp³-hybridized carbons (Fsp3) is 0.650. The standard InChI is InChI=1S/C20H33NO3Si/c1-20(2,3)16-25(4,5)24-18-13-9-10-14-21(18)19(22)23-15-17-11-7-6-8-12-17/h6-8,11-12,18H,9-10,13-16H2,1-5H3. The quantitative estimate of drug-likeness (QED) is 0.657. The van der Waals surface area contributed by atoms with E-state index >= 15 is 0 Å². The molecule has 140 valence electrons. The Balaban J connectivity index is 1.96. The number of ether oxygens (including phenoxy) is 1. The van der Waals surface area contributed by atoms with Crippen LogP contribution in [-0.2, 0) is 15.8 Å². The fourth-order valence-corrected chi connectivity index (χ4v) is 7.34. The lowest BCUT2D eigenvalue weighted by atomic mass is 10.0. The van der Waals surface area contributed by atoms with Crippen LogP contribution in [0, 0.1) is 5.41 Å². The third kappa shape index (κ3) is 6.82. The fourth-order valence-electron chi connectivity index (χ4n) is 3.72. The first-order valence-electron chi connectivity index (χ1n) is 9.31. The van der Waals surface area contributed by atoms with E-state index < -0.39 is 8.32 Å². The summed E-state index contributed by atoms with van der Waals surface area (Å²) in [6.07, 6.45) is 2.63. The lowest BCUT2D eigenvalue weighted by Gasteiger charge is -2.40. The number of carbonyl (C=O) groups excluding carboxylic acids is 1. The van der Waals surface area contributed by atoms with Crippen LogP contribution in [0.5, 0.6) is 0 Å². The summed E-state index contributed by atoms with van der Waals surface area (Å²) in [4.78, 5) is 14.4. The maximum Gasteiger partial charge on any atom is 0.412 e. The maximum atomic E-state index is 12.6. The smallest absolute Gasteiger partial charge is 0.412 e. The number of likely N-dealkylation sites (tertiary alicyclic amines) is 1. The minimum Gasteiger partial charge on any atom is -0.444 e. The lowest BCUT2D eigenvalue weighted by molar-refractivity contribution is -0.0142. The van der Waals surface area contributed by atoms with E-state index in [1.807, 2.05) is 30.3 Å². The zero-order valence-electron chi connectivity index (χ0n) is 16.4. The Bertz CT molecular complexity index is 554. The molecule has 4 nitrogen and oxygen atoms in total. The number of rotatable bonds is 5. The largest absolute Gasteiger partial charge is 0.444 e. The number of piperidine rings is 1. The van der Waals surface area contributed by atoms with E-state index in [0.717, 1.165) is 37.4 Å². The molecular formula is C20H33NO3Si. The average Bonchev–Trinajstić information content (AvgIpc) is 2.51. The topological polar surface area (TPSA) is 38.8 Å². The molecule has 2 rings (SSSR count). The number of amides is 1. The molecule has 0 aromatic heterocycles. The minimum absolute atomic E-state index is 0.138. The summed E-state index contributed by atoms with van der Waals surface area (Å²) < 4.78 is 12.0. The van der Waals surface area contributed by atoms with E-state index in [0.29, 0.717) is 6.61 Å². The lowest BCUT2D eigenvalue weighted by Crippen LogP contribution is -2.50. The van der Waals surface area contributed by atoms with Crippen LogP contribution in [0.1, 0.15) is 45.6 Å². The molecule has 1 unspecified atom stereocenters.